The molecular weight excluding hydrogens is 353 g/mol. The van der Waals surface area contributed by atoms with Gasteiger partial charge in [-0.1, -0.05) is 12.1 Å². The van der Waals surface area contributed by atoms with Crippen LogP contribution in [-0.2, 0) is 13.6 Å². The molecular formula is C18H24N3O4P. The Bertz CT molecular complexity index is 778. The molecule has 0 aliphatic carbocycles. The number of aromatic hydroxyl groups is 1. The zero-order chi connectivity index (χ0) is 19.2. The fourth-order valence-electron chi connectivity index (χ4n) is 2.57. The molecule has 1 heterocycles. The lowest BCUT2D eigenvalue weighted by Crippen LogP contribution is -2.09. The van der Waals surface area contributed by atoms with Crippen LogP contribution < -0.4 is 0 Å². The molecule has 2 rings (SSSR count). The van der Waals surface area contributed by atoms with Gasteiger partial charge in [0.05, 0.1) is 19.4 Å². The summed E-state index contributed by atoms with van der Waals surface area (Å²) >= 11 is 0. The lowest BCUT2D eigenvalue weighted by Gasteiger charge is -2.24. The van der Waals surface area contributed by atoms with Gasteiger partial charge in [0.1, 0.15) is 11.4 Å². The summed E-state index contributed by atoms with van der Waals surface area (Å²) in [5.41, 5.74) is 1.31. The van der Waals surface area contributed by atoms with E-state index in [2.05, 4.69) is 15.0 Å². The summed E-state index contributed by atoms with van der Waals surface area (Å²) in [5.74, 6) is 0.602. The Hall–Kier alpha value is -2.08. The van der Waals surface area contributed by atoms with Crippen LogP contribution in [-0.4, -0.2) is 34.5 Å². The predicted octanol–water partition coefficient (Wildman–Crippen LogP) is 4.51. The third-order valence-corrected chi connectivity index (χ3v) is 6.06. The van der Waals surface area contributed by atoms with Crippen molar-refractivity contribution in [1.29, 1.82) is 0 Å². The van der Waals surface area contributed by atoms with Crippen molar-refractivity contribution in [2.75, 3.05) is 13.2 Å². The molecule has 1 N–H and O–H groups in total. The van der Waals surface area contributed by atoms with Crippen molar-refractivity contribution in [2.24, 2.45) is 4.99 Å². The van der Waals surface area contributed by atoms with Crippen LogP contribution in [0.4, 0.5) is 5.82 Å². The van der Waals surface area contributed by atoms with E-state index in [9.17, 15) is 9.67 Å². The highest BCUT2D eigenvalue weighted by Gasteiger charge is 2.36. The Labute approximate surface area is 153 Å². The lowest BCUT2D eigenvalue weighted by atomic mass is 10.0. The van der Waals surface area contributed by atoms with E-state index >= 15 is 0 Å². The highest BCUT2D eigenvalue weighted by molar-refractivity contribution is 7.55. The molecule has 0 bridgehead atoms. The van der Waals surface area contributed by atoms with E-state index < -0.39 is 13.3 Å². The molecule has 0 aliphatic rings. The second-order valence-electron chi connectivity index (χ2n) is 5.67. The molecule has 7 nitrogen and oxygen atoms in total. The average molecular weight is 377 g/mol. The van der Waals surface area contributed by atoms with Gasteiger partial charge >= 0.3 is 7.60 Å². The minimum atomic E-state index is -3.52. The molecule has 1 unspecified atom stereocenters. The van der Waals surface area contributed by atoms with E-state index in [1.165, 1.54) is 18.6 Å². The maximum Gasteiger partial charge on any atom is 0.343 e. The van der Waals surface area contributed by atoms with Crippen LogP contribution in [0.5, 0.6) is 5.75 Å². The summed E-state index contributed by atoms with van der Waals surface area (Å²) in [7, 11) is -3.52. The van der Waals surface area contributed by atoms with E-state index in [1.807, 2.05) is 0 Å². The summed E-state index contributed by atoms with van der Waals surface area (Å²) in [6, 6.07) is 3.53. The molecule has 2 aromatic rings. The van der Waals surface area contributed by atoms with Crippen molar-refractivity contribution in [3.8, 4) is 5.75 Å². The van der Waals surface area contributed by atoms with Gasteiger partial charge in [0.2, 0.25) is 0 Å². The van der Waals surface area contributed by atoms with Gasteiger partial charge in [0, 0.05) is 18.6 Å². The largest absolute Gasteiger partial charge is 0.507 e. The molecule has 0 radical (unpaired) electrons. The van der Waals surface area contributed by atoms with E-state index in [0.29, 0.717) is 22.5 Å². The van der Waals surface area contributed by atoms with Crippen LogP contribution in [0.1, 0.15) is 36.2 Å². The third kappa shape index (κ3) is 4.75. The summed E-state index contributed by atoms with van der Waals surface area (Å²) in [6.07, 6.45) is 6.10. The molecule has 0 saturated carbocycles. The highest BCUT2D eigenvalue weighted by Crippen LogP contribution is 2.60. The van der Waals surface area contributed by atoms with Crippen molar-refractivity contribution in [3.05, 3.63) is 47.4 Å². The molecule has 140 valence electrons. The zero-order valence-electron chi connectivity index (χ0n) is 15.4. The molecule has 8 heteroatoms. The molecule has 0 amide bonds. The number of aryl methyl sites for hydroxylation is 2. The molecule has 1 aromatic heterocycles. The highest BCUT2D eigenvalue weighted by atomic mass is 31.2. The second kappa shape index (κ2) is 9.03. The van der Waals surface area contributed by atoms with E-state index in [1.54, 1.807) is 46.0 Å². The summed E-state index contributed by atoms with van der Waals surface area (Å²) in [4.78, 5) is 12.4. The van der Waals surface area contributed by atoms with Crippen LogP contribution in [0.15, 0.2) is 35.7 Å². The first-order valence-corrected chi connectivity index (χ1v) is 10.0. The minimum absolute atomic E-state index is 0.209. The monoisotopic (exact) mass is 377 g/mol. The number of nitrogens with zero attached hydrogens (tertiary/aromatic N) is 3. The van der Waals surface area contributed by atoms with E-state index in [-0.39, 0.29) is 19.0 Å². The SMILES string of the molecule is CCOP(=O)(OCC)C(C=Nc1cnccn1)c1cc(C)c(O)c(C)c1. The molecule has 1 aromatic carbocycles. The summed E-state index contributed by atoms with van der Waals surface area (Å²) < 4.78 is 24.5. The van der Waals surface area contributed by atoms with Gasteiger partial charge in [-0.3, -0.25) is 9.55 Å². The third-order valence-electron chi connectivity index (χ3n) is 3.71. The van der Waals surface area contributed by atoms with Gasteiger partial charge in [-0.05, 0) is 44.4 Å². The smallest absolute Gasteiger partial charge is 0.343 e. The number of hydrogen-bond acceptors (Lipinski definition) is 7. The van der Waals surface area contributed by atoms with Crippen molar-refractivity contribution in [3.63, 3.8) is 0 Å². The maximum absolute atomic E-state index is 13.4. The van der Waals surface area contributed by atoms with E-state index in [4.69, 9.17) is 9.05 Å². The molecule has 0 aliphatic heterocycles. The van der Waals surface area contributed by atoms with Gasteiger partial charge in [0.25, 0.3) is 0 Å². The van der Waals surface area contributed by atoms with Crippen LogP contribution in [0.2, 0.25) is 0 Å². The number of aliphatic imine (C=N–C) groups is 1. The van der Waals surface area contributed by atoms with E-state index in [0.717, 1.165) is 0 Å². The molecule has 0 spiro atoms. The molecule has 26 heavy (non-hydrogen) atoms. The van der Waals surface area contributed by atoms with Gasteiger partial charge in [0.15, 0.2) is 5.82 Å². The Morgan fingerprint density at radius 1 is 1.19 bits per heavy atom. The van der Waals surface area contributed by atoms with Gasteiger partial charge in [-0.25, -0.2) is 9.98 Å². The van der Waals surface area contributed by atoms with Gasteiger partial charge < -0.3 is 14.2 Å². The fraction of sp³-hybridized carbons (Fsp3) is 0.389. The number of hydrogen-bond donors (Lipinski definition) is 1. The average Bonchev–Trinajstić information content (AvgIpc) is 2.61. The Kier molecular flexibility index (Phi) is 7.03. The topological polar surface area (TPSA) is 93.9 Å². The first-order chi connectivity index (χ1) is 12.4. The van der Waals surface area contributed by atoms with Crippen LogP contribution in [0, 0.1) is 13.8 Å². The predicted molar refractivity (Wildman–Crippen MR) is 101 cm³/mol. The summed E-state index contributed by atoms with van der Waals surface area (Å²) in [6.45, 7) is 7.57. The number of phenols is 1. The lowest BCUT2D eigenvalue weighted by molar-refractivity contribution is 0.217. The first-order valence-electron chi connectivity index (χ1n) is 8.40. The number of phenolic OH excluding ortho intramolecular Hbond substituents is 1. The quantitative estimate of drug-likeness (QED) is 0.537. The first kappa shape index (κ1) is 20.2. The van der Waals surface area contributed by atoms with Gasteiger partial charge in [-0.2, -0.15) is 0 Å². The normalized spacial score (nSPS) is 13.2. The molecule has 0 saturated heterocycles. The Morgan fingerprint density at radius 3 is 2.31 bits per heavy atom. The van der Waals surface area contributed by atoms with Crippen LogP contribution in [0.25, 0.3) is 0 Å². The number of benzene rings is 1. The standard InChI is InChI=1S/C18H24N3O4P/c1-5-24-26(23,25-6-2)16(11-21-17-12-19-7-8-20-17)15-9-13(3)18(22)14(4)10-15/h7-12,16,22H,5-6H2,1-4H3. The van der Waals surface area contributed by atoms with Crippen molar-refractivity contribution in [2.45, 2.75) is 33.4 Å². The van der Waals surface area contributed by atoms with Gasteiger partial charge in [-0.15, -0.1) is 0 Å². The van der Waals surface area contributed by atoms with Crippen molar-refractivity contribution in [1.82, 2.24) is 9.97 Å². The minimum Gasteiger partial charge on any atom is -0.507 e. The van der Waals surface area contributed by atoms with Crippen molar-refractivity contribution >= 4 is 19.6 Å². The molecule has 0 fully saturated rings. The van der Waals surface area contributed by atoms with Crippen LogP contribution in [0.3, 0.4) is 0 Å². The maximum atomic E-state index is 13.4. The number of rotatable bonds is 8. The Morgan fingerprint density at radius 2 is 1.81 bits per heavy atom. The molecule has 1 atom stereocenters. The number of aromatic nitrogens is 2. The summed E-state index contributed by atoms with van der Waals surface area (Å²) in [5, 5.41) is 10.0. The Balaban J connectivity index is 2.54. The zero-order valence-corrected chi connectivity index (χ0v) is 16.3. The van der Waals surface area contributed by atoms with Crippen molar-refractivity contribution < 1.29 is 18.7 Å². The second-order valence-corrected chi connectivity index (χ2v) is 7.82. The van der Waals surface area contributed by atoms with Crippen LogP contribution >= 0.6 is 7.60 Å². The fourth-order valence-corrected chi connectivity index (χ4v) is 4.43.